The number of rotatable bonds is 9. The Morgan fingerprint density at radius 3 is 2.39 bits per heavy atom. The van der Waals surface area contributed by atoms with E-state index >= 15 is 0 Å². The SMILES string of the molecule is Cc1cccc(-c2nccc(Nc3ccnc(Cc4ccc(CN5CCC(C(=O)OC6CNC6)CC5)cc4)n3)n2)n1. The lowest BCUT2D eigenvalue weighted by atomic mass is 9.96. The van der Waals surface area contributed by atoms with Crippen molar-refractivity contribution in [3.8, 4) is 11.5 Å². The number of hydrogen-bond acceptors (Lipinski definition) is 10. The first-order valence-corrected chi connectivity index (χ1v) is 14.1. The Morgan fingerprint density at radius 1 is 0.927 bits per heavy atom. The third-order valence-electron chi connectivity index (χ3n) is 7.47. The van der Waals surface area contributed by atoms with Crippen LogP contribution in [-0.2, 0) is 22.5 Å². The van der Waals surface area contributed by atoms with Gasteiger partial charge in [0.15, 0.2) is 5.82 Å². The smallest absolute Gasteiger partial charge is 0.309 e. The summed E-state index contributed by atoms with van der Waals surface area (Å²) in [5.41, 5.74) is 4.05. The van der Waals surface area contributed by atoms with Crippen molar-refractivity contribution in [3.63, 3.8) is 0 Å². The fourth-order valence-electron chi connectivity index (χ4n) is 5.04. The second-order valence-electron chi connectivity index (χ2n) is 10.7. The van der Waals surface area contributed by atoms with Crippen molar-refractivity contribution in [2.45, 2.75) is 38.8 Å². The molecule has 41 heavy (non-hydrogen) atoms. The number of esters is 1. The second-order valence-corrected chi connectivity index (χ2v) is 10.7. The van der Waals surface area contributed by atoms with Crippen LogP contribution in [0.3, 0.4) is 0 Å². The summed E-state index contributed by atoms with van der Waals surface area (Å²) in [6.07, 6.45) is 5.88. The molecule has 210 valence electrons. The summed E-state index contributed by atoms with van der Waals surface area (Å²) in [6, 6.07) is 18.0. The van der Waals surface area contributed by atoms with Gasteiger partial charge in [-0.25, -0.2) is 24.9 Å². The van der Waals surface area contributed by atoms with E-state index in [1.165, 1.54) is 5.56 Å². The highest BCUT2D eigenvalue weighted by molar-refractivity contribution is 5.72. The molecule has 0 radical (unpaired) electrons. The van der Waals surface area contributed by atoms with Crippen molar-refractivity contribution in [1.29, 1.82) is 0 Å². The average molecular weight is 551 g/mol. The Bertz CT molecular complexity index is 1480. The zero-order valence-corrected chi connectivity index (χ0v) is 23.2. The maximum atomic E-state index is 12.4. The van der Waals surface area contributed by atoms with Gasteiger partial charge in [0.2, 0.25) is 0 Å². The van der Waals surface area contributed by atoms with Crippen molar-refractivity contribution >= 4 is 17.6 Å². The van der Waals surface area contributed by atoms with E-state index in [-0.39, 0.29) is 18.0 Å². The van der Waals surface area contributed by atoms with Gasteiger partial charge in [-0.1, -0.05) is 30.3 Å². The van der Waals surface area contributed by atoms with E-state index in [2.05, 4.69) is 59.7 Å². The highest BCUT2D eigenvalue weighted by Gasteiger charge is 2.29. The molecule has 2 saturated heterocycles. The number of nitrogens with one attached hydrogen (secondary N) is 2. The molecule has 2 fully saturated rings. The van der Waals surface area contributed by atoms with Crippen LogP contribution in [0, 0.1) is 12.8 Å². The van der Waals surface area contributed by atoms with Gasteiger partial charge in [0, 0.05) is 44.1 Å². The van der Waals surface area contributed by atoms with E-state index in [1.807, 2.05) is 31.2 Å². The van der Waals surface area contributed by atoms with Crippen LogP contribution in [0.1, 0.15) is 35.5 Å². The van der Waals surface area contributed by atoms with Crippen LogP contribution >= 0.6 is 0 Å². The predicted molar refractivity (Wildman–Crippen MR) is 155 cm³/mol. The van der Waals surface area contributed by atoms with Gasteiger partial charge in [-0.3, -0.25) is 9.69 Å². The first-order chi connectivity index (χ1) is 20.1. The molecule has 0 aliphatic carbocycles. The Labute approximate surface area is 239 Å². The van der Waals surface area contributed by atoms with Gasteiger partial charge in [-0.15, -0.1) is 0 Å². The number of carbonyl (C=O) groups is 1. The normalized spacial score (nSPS) is 16.2. The zero-order valence-electron chi connectivity index (χ0n) is 23.2. The lowest BCUT2D eigenvalue weighted by Gasteiger charge is -2.33. The number of nitrogens with zero attached hydrogens (tertiary/aromatic N) is 6. The minimum atomic E-state index is -0.0247. The standard InChI is InChI=1S/C31H34N8O2/c1-21-3-2-4-26(35-21)30-34-14-10-28(38-30)36-27-9-13-33-29(37-27)17-22-5-7-23(8-6-22)20-39-15-11-24(12-16-39)31(40)41-25-18-32-19-25/h2-10,13-14,24-25,32H,11-12,15-20H2,1H3,(H,33,34,36,37,38). The largest absolute Gasteiger partial charge is 0.459 e. The number of ether oxygens (including phenoxy) is 1. The van der Waals surface area contributed by atoms with Crippen LogP contribution in [0.25, 0.3) is 11.5 Å². The van der Waals surface area contributed by atoms with Crippen LogP contribution in [0.2, 0.25) is 0 Å². The number of likely N-dealkylation sites (tertiary alicyclic amines) is 1. The van der Waals surface area contributed by atoms with E-state index in [1.54, 1.807) is 18.5 Å². The number of aromatic nitrogens is 5. The number of aryl methyl sites for hydroxylation is 1. The summed E-state index contributed by atoms with van der Waals surface area (Å²) in [5.74, 6) is 2.60. The average Bonchev–Trinajstić information content (AvgIpc) is 2.97. The van der Waals surface area contributed by atoms with Gasteiger partial charge in [0.05, 0.1) is 5.92 Å². The second kappa shape index (κ2) is 12.5. The van der Waals surface area contributed by atoms with Gasteiger partial charge in [0.1, 0.15) is 29.3 Å². The van der Waals surface area contributed by atoms with Crippen molar-refractivity contribution in [2.75, 3.05) is 31.5 Å². The Morgan fingerprint density at radius 2 is 1.66 bits per heavy atom. The third kappa shape index (κ3) is 7.08. The zero-order chi connectivity index (χ0) is 28.0. The van der Waals surface area contributed by atoms with E-state index < -0.39 is 0 Å². The van der Waals surface area contributed by atoms with E-state index in [4.69, 9.17) is 9.72 Å². The molecule has 0 spiro atoms. The van der Waals surface area contributed by atoms with Crippen molar-refractivity contribution in [2.24, 2.45) is 5.92 Å². The summed E-state index contributed by atoms with van der Waals surface area (Å²) < 4.78 is 5.56. The highest BCUT2D eigenvalue weighted by Crippen LogP contribution is 2.22. The summed E-state index contributed by atoms with van der Waals surface area (Å²) in [7, 11) is 0. The lowest BCUT2D eigenvalue weighted by Crippen LogP contribution is -2.50. The Kier molecular flexibility index (Phi) is 8.20. The first kappa shape index (κ1) is 26.9. The number of pyridine rings is 1. The molecule has 3 aromatic heterocycles. The number of benzene rings is 1. The fourth-order valence-corrected chi connectivity index (χ4v) is 5.04. The molecule has 0 atom stereocenters. The molecule has 0 saturated carbocycles. The van der Waals surface area contributed by atoms with Gasteiger partial charge < -0.3 is 15.4 Å². The minimum absolute atomic E-state index is 0.0247. The van der Waals surface area contributed by atoms with E-state index in [0.29, 0.717) is 23.9 Å². The topological polar surface area (TPSA) is 118 Å². The predicted octanol–water partition coefficient (Wildman–Crippen LogP) is 3.70. The number of carbonyl (C=O) groups excluding carboxylic acids is 1. The van der Waals surface area contributed by atoms with Gasteiger partial charge >= 0.3 is 5.97 Å². The molecule has 6 rings (SSSR count). The van der Waals surface area contributed by atoms with Crippen LogP contribution in [-0.4, -0.2) is 68.1 Å². The van der Waals surface area contributed by atoms with Crippen LogP contribution < -0.4 is 10.6 Å². The first-order valence-electron chi connectivity index (χ1n) is 14.1. The summed E-state index contributed by atoms with van der Waals surface area (Å²) >= 11 is 0. The monoisotopic (exact) mass is 550 g/mol. The summed E-state index contributed by atoms with van der Waals surface area (Å²) in [6.45, 7) is 6.21. The van der Waals surface area contributed by atoms with E-state index in [0.717, 1.165) is 68.3 Å². The molecule has 0 amide bonds. The molecule has 0 bridgehead atoms. The van der Waals surface area contributed by atoms with Crippen LogP contribution in [0.4, 0.5) is 11.6 Å². The van der Waals surface area contributed by atoms with Crippen molar-refractivity contribution < 1.29 is 9.53 Å². The molecule has 1 aromatic carbocycles. The molecule has 2 aliphatic rings. The van der Waals surface area contributed by atoms with E-state index in [9.17, 15) is 4.79 Å². The molecule has 4 aromatic rings. The molecule has 10 nitrogen and oxygen atoms in total. The number of hydrogen-bond donors (Lipinski definition) is 2. The van der Waals surface area contributed by atoms with Gasteiger partial charge in [-0.2, -0.15) is 0 Å². The van der Waals surface area contributed by atoms with Crippen LogP contribution in [0.15, 0.2) is 67.0 Å². The molecule has 5 heterocycles. The maximum Gasteiger partial charge on any atom is 0.309 e. The van der Waals surface area contributed by atoms with Gasteiger partial charge in [-0.05, 0) is 68.2 Å². The van der Waals surface area contributed by atoms with Crippen molar-refractivity contribution in [1.82, 2.24) is 35.1 Å². The highest BCUT2D eigenvalue weighted by atomic mass is 16.5. The van der Waals surface area contributed by atoms with Gasteiger partial charge in [0.25, 0.3) is 0 Å². The molecule has 0 unspecified atom stereocenters. The molecule has 2 aliphatic heterocycles. The third-order valence-corrected chi connectivity index (χ3v) is 7.47. The molecular weight excluding hydrogens is 516 g/mol. The summed E-state index contributed by atoms with van der Waals surface area (Å²) in [4.78, 5) is 37.4. The van der Waals surface area contributed by atoms with Crippen LogP contribution in [0.5, 0.6) is 0 Å². The minimum Gasteiger partial charge on any atom is -0.459 e. The molecule has 10 heteroatoms. The Hall–Kier alpha value is -4.28. The number of piperidine rings is 1. The van der Waals surface area contributed by atoms with Crippen molar-refractivity contribution in [3.05, 3.63) is 89.6 Å². The fraction of sp³-hybridized carbons (Fsp3) is 0.355. The Balaban J connectivity index is 1.01. The number of anilines is 2. The quantitative estimate of drug-likeness (QED) is 0.299. The lowest BCUT2D eigenvalue weighted by molar-refractivity contribution is -0.158. The summed E-state index contributed by atoms with van der Waals surface area (Å²) in [5, 5.41) is 6.41. The maximum absolute atomic E-state index is 12.4. The molecule has 2 N–H and O–H groups in total. The molecular formula is C31H34N8O2.